The third-order valence-corrected chi connectivity index (χ3v) is 11.0. The smallest absolute Gasteiger partial charge is 0.0831 e. The van der Waals surface area contributed by atoms with Crippen molar-refractivity contribution >= 4 is 0 Å². The molecule has 0 aromatic carbocycles. The number of aromatic nitrogens is 1. The lowest BCUT2D eigenvalue weighted by molar-refractivity contribution is 0.0862. The summed E-state index contributed by atoms with van der Waals surface area (Å²) in [5, 5.41) is 31.7. The van der Waals surface area contributed by atoms with E-state index in [2.05, 4.69) is 68.8 Å². The molecule has 1 aromatic heterocycles. The minimum Gasteiger partial charge on any atom is -0.393 e. The van der Waals surface area contributed by atoms with Crippen LogP contribution in [0.1, 0.15) is 103 Å². The van der Waals surface area contributed by atoms with Gasteiger partial charge >= 0.3 is 0 Å². The number of aromatic amines is 1. The summed E-state index contributed by atoms with van der Waals surface area (Å²) < 4.78 is 0. The third-order valence-electron chi connectivity index (χ3n) is 11.0. The molecule has 4 aliphatic carbocycles. The second-order valence-corrected chi connectivity index (χ2v) is 13.5. The highest BCUT2D eigenvalue weighted by Crippen LogP contribution is 2.60. The maximum absolute atomic E-state index is 11.3. The van der Waals surface area contributed by atoms with Gasteiger partial charge in [-0.15, -0.1) is 0 Å². The SMILES string of the molecule is C=C1C(=CC=C2CCC[C@]3(C)[C@@H]([C@H](C)C=C[C@@H](O)C4(c5ccc(CCCC)[nH]5)CC4)CC[C@@H]23)C[C@@H](O)C[C@@H]1O. The Morgan fingerprint density at radius 1 is 1.13 bits per heavy atom. The topological polar surface area (TPSA) is 76.5 Å². The number of hydrogen-bond donors (Lipinski definition) is 4. The fourth-order valence-corrected chi connectivity index (χ4v) is 8.31. The zero-order chi connectivity index (χ0) is 27.8. The van der Waals surface area contributed by atoms with Crippen LogP contribution in [-0.4, -0.2) is 38.6 Å². The first-order valence-electron chi connectivity index (χ1n) is 15.7. The number of allylic oxidation sites excluding steroid dienone is 4. The van der Waals surface area contributed by atoms with E-state index in [0.717, 1.165) is 36.8 Å². The van der Waals surface area contributed by atoms with E-state index in [1.807, 2.05) is 0 Å². The summed E-state index contributed by atoms with van der Waals surface area (Å²) in [5.74, 6) is 1.61. The summed E-state index contributed by atoms with van der Waals surface area (Å²) in [6, 6.07) is 4.42. The largest absolute Gasteiger partial charge is 0.393 e. The van der Waals surface area contributed by atoms with Crippen molar-refractivity contribution in [3.63, 3.8) is 0 Å². The number of aryl methyl sites for hydroxylation is 1. The predicted molar refractivity (Wildman–Crippen MR) is 159 cm³/mol. The highest BCUT2D eigenvalue weighted by molar-refractivity contribution is 5.39. The quantitative estimate of drug-likeness (QED) is 0.256. The van der Waals surface area contributed by atoms with E-state index in [-0.39, 0.29) is 10.8 Å². The normalized spacial score (nSPS) is 36.0. The zero-order valence-corrected chi connectivity index (χ0v) is 24.5. The van der Waals surface area contributed by atoms with Crippen LogP contribution in [0.4, 0.5) is 0 Å². The molecule has 4 nitrogen and oxygen atoms in total. The van der Waals surface area contributed by atoms with Crippen molar-refractivity contribution in [3.05, 3.63) is 71.1 Å². The minimum atomic E-state index is -0.635. The molecule has 0 amide bonds. The standard InChI is InChI=1S/C35H51NO3/c1-5-6-9-27-13-16-32(36-27)35(19-20-35)33(39)17-10-23(2)29-14-15-30-25(8-7-18-34(29,30)4)11-12-26-21-28(37)22-31(38)24(26)3/h10-13,16-17,23,28-31,33,36-39H,3,5-9,14-15,18-22H2,1-2,4H3/t23-,28-,29-,30+,31+,33-,34-/m1/s1. The van der Waals surface area contributed by atoms with Crippen LogP contribution in [0.5, 0.6) is 0 Å². The molecule has 4 saturated carbocycles. The zero-order valence-electron chi connectivity index (χ0n) is 24.5. The number of aliphatic hydroxyl groups excluding tert-OH is 3. The highest BCUT2D eigenvalue weighted by Gasteiger charge is 2.52. The molecule has 0 bridgehead atoms. The number of unbranched alkanes of at least 4 members (excludes halogenated alkanes) is 1. The Kier molecular flexibility index (Phi) is 8.48. The van der Waals surface area contributed by atoms with Crippen molar-refractivity contribution in [1.82, 2.24) is 4.98 Å². The summed E-state index contributed by atoms with van der Waals surface area (Å²) in [6.07, 6.45) is 19.9. The van der Waals surface area contributed by atoms with Crippen molar-refractivity contribution in [3.8, 4) is 0 Å². The first kappa shape index (κ1) is 28.6. The first-order valence-corrected chi connectivity index (χ1v) is 15.7. The van der Waals surface area contributed by atoms with Crippen LogP contribution in [0.2, 0.25) is 0 Å². The van der Waals surface area contributed by atoms with Crippen molar-refractivity contribution in [2.75, 3.05) is 0 Å². The average Bonchev–Trinajstić information content (AvgIpc) is 3.44. The first-order chi connectivity index (χ1) is 18.7. The van der Waals surface area contributed by atoms with Gasteiger partial charge in [0.2, 0.25) is 0 Å². The lowest BCUT2D eigenvalue weighted by atomic mass is 9.61. The molecule has 0 saturated heterocycles. The van der Waals surface area contributed by atoms with Crippen molar-refractivity contribution in [1.29, 1.82) is 0 Å². The summed E-state index contributed by atoms with van der Waals surface area (Å²) >= 11 is 0. The van der Waals surface area contributed by atoms with Crippen LogP contribution in [0.3, 0.4) is 0 Å². The monoisotopic (exact) mass is 533 g/mol. The predicted octanol–water partition coefficient (Wildman–Crippen LogP) is 7.08. The van der Waals surface area contributed by atoms with Gasteiger partial charge in [-0.1, -0.05) is 63.6 Å². The molecule has 7 atom stereocenters. The molecule has 5 rings (SSSR count). The number of H-pyrrole nitrogens is 1. The van der Waals surface area contributed by atoms with Crippen molar-refractivity contribution < 1.29 is 15.3 Å². The van der Waals surface area contributed by atoms with Crippen LogP contribution in [0.15, 0.2) is 59.7 Å². The molecule has 0 radical (unpaired) electrons. The van der Waals surface area contributed by atoms with Crippen LogP contribution >= 0.6 is 0 Å². The fraction of sp³-hybridized carbons (Fsp3) is 0.657. The van der Waals surface area contributed by atoms with E-state index in [1.54, 1.807) is 0 Å². The Bertz CT molecular complexity index is 1120. The molecule has 4 aliphatic rings. The van der Waals surface area contributed by atoms with Gasteiger partial charge in [-0.25, -0.2) is 0 Å². The van der Waals surface area contributed by atoms with Gasteiger partial charge in [-0.05, 0) is 111 Å². The van der Waals surface area contributed by atoms with E-state index in [9.17, 15) is 15.3 Å². The van der Waals surface area contributed by atoms with Crippen molar-refractivity contribution in [2.24, 2.45) is 23.2 Å². The molecule has 4 heteroatoms. The van der Waals surface area contributed by atoms with E-state index < -0.39 is 18.3 Å². The Morgan fingerprint density at radius 2 is 1.92 bits per heavy atom. The molecule has 1 heterocycles. The molecule has 214 valence electrons. The number of aliphatic hydroxyl groups is 3. The molecular weight excluding hydrogens is 482 g/mol. The number of fused-ring (bicyclic) bond motifs is 1. The molecule has 4 N–H and O–H groups in total. The molecule has 0 aliphatic heterocycles. The van der Waals surface area contributed by atoms with Crippen LogP contribution in [-0.2, 0) is 11.8 Å². The van der Waals surface area contributed by atoms with Crippen LogP contribution in [0.25, 0.3) is 0 Å². The minimum absolute atomic E-state index is 0.124. The maximum atomic E-state index is 11.3. The molecule has 1 aromatic rings. The van der Waals surface area contributed by atoms with Crippen molar-refractivity contribution in [2.45, 2.75) is 122 Å². The molecule has 0 spiro atoms. The van der Waals surface area contributed by atoms with Gasteiger partial charge in [0.15, 0.2) is 0 Å². The van der Waals surface area contributed by atoms with Gasteiger partial charge in [0, 0.05) is 23.2 Å². The van der Waals surface area contributed by atoms with Gasteiger partial charge in [-0.3, -0.25) is 0 Å². The lowest BCUT2D eigenvalue weighted by Gasteiger charge is -2.44. The van der Waals surface area contributed by atoms with Gasteiger partial charge in [0.05, 0.1) is 18.3 Å². The molecule has 0 unspecified atom stereocenters. The number of nitrogens with one attached hydrogen (secondary N) is 1. The molecule has 39 heavy (non-hydrogen) atoms. The summed E-state index contributed by atoms with van der Waals surface area (Å²) in [7, 11) is 0. The second kappa shape index (κ2) is 11.5. The van der Waals surface area contributed by atoms with Gasteiger partial charge in [-0.2, -0.15) is 0 Å². The number of rotatable bonds is 9. The van der Waals surface area contributed by atoms with Gasteiger partial charge in [0.1, 0.15) is 0 Å². The van der Waals surface area contributed by atoms with E-state index in [4.69, 9.17) is 0 Å². The number of hydrogen-bond acceptors (Lipinski definition) is 3. The third kappa shape index (κ3) is 5.67. The van der Waals surface area contributed by atoms with Crippen LogP contribution in [0, 0.1) is 23.2 Å². The summed E-state index contributed by atoms with van der Waals surface area (Å²) in [4.78, 5) is 3.63. The van der Waals surface area contributed by atoms with Gasteiger partial charge in [0.25, 0.3) is 0 Å². The Labute approximate surface area is 236 Å². The fourth-order valence-electron chi connectivity index (χ4n) is 8.31. The molecule has 4 fully saturated rings. The maximum Gasteiger partial charge on any atom is 0.0831 e. The van der Waals surface area contributed by atoms with Crippen LogP contribution < -0.4 is 0 Å². The van der Waals surface area contributed by atoms with E-state index >= 15 is 0 Å². The molecular formula is C35H51NO3. The highest BCUT2D eigenvalue weighted by atomic mass is 16.3. The summed E-state index contributed by atoms with van der Waals surface area (Å²) in [6.45, 7) is 11.2. The Hall–Kier alpha value is -1.88. The van der Waals surface area contributed by atoms with E-state index in [0.29, 0.717) is 30.6 Å². The summed E-state index contributed by atoms with van der Waals surface area (Å²) in [5.41, 5.74) is 5.94. The second-order valence-electron chi connectivity index (χ2n) is 13.5. The lowest BCUT2D eigenvalue weighted by Crippen LogP contribution is -2.35. The Morgan fingerprint density at radius 3 is 2.67 bits per heavy atom. The Balaban J connectivity index is 1.26. The van der Waals surface area contributed by atoms with E-state index in [1.165, 1.54) is 55.5 Å². The van der Waals surface area contributed by atoms with Gasteiger partial charge < -0.3 is 20.3 Å². The average molecular weight is 534 g/mol.